The Bertz CT molecular complexity index is 1690. The number of hydrogen-bond acceptors (Lipinski definition) is 8. The molecule has 0 saturated carbocycles. The van der Waals surface area contributed by atoms with Crippen molar-refractivity contribution in [2.45, 2.75) is 19.1 Å². The molecule has 4 rings (SSSR count). The molecule has 0 aromatic heterocycles. The first kappa shape index (κ1) is 31.6. The first-order valence-corrected chi connectivity index (χ1v) is 13.5. The zero-order valence-corrected chi connectivity index (χ0v) is 23.8. The maximum atomic E-state index is 13.1. The number of rotatable bonds is 10. The largest absolute Gasteiger partial charge is 0.478 e. The molecule has 12 nitrogen and oxygen atoms in total. The fraction of sp³-hybridized carbons (Fsp3) is 0.0909. The molecule has 0 bridgehead atoms. The Kier molecular flexibility index (Phi) is 10.4. The van der Waals surface area contributed by atoms with E-state index >= 15 is 0 Å². The highest BCUT2D eigenvalue weighted by atomic mass is 16.6. The number of anilines is 1. The third-order valence-corrected chi connectivity index (χ3v) is 6.28. The summed E-state index contributed by atoms with van der Waals surface area (Å²) in [6.45, 7) is 1.90. The van der Waals surface area contributed by atoms with Gasteiger partial charge in [0.1, 0.15) is 0 Å². The van der Waals surface area contributed by atoms with Crippen molar-refractivity contribution in [3.05, 3.63) is 137 Å². The number of amides is 3. The molecule has 4 aromatic rings. The van der Waals surface area contributed by atoms with Gasteiger partial charge in [-0.2, -0.15) is 0 Å². The lowest BCUT2D eigenvalue weighted by Crippen LogP contribution is -2.54. The minimum absolute atomic E-state index is 0.00702. The van der Waals surface area contributed by atoms with Crippen LogP contribution in [-0.2, 0) is 19.1 Å². The van der Waals surface area contributed by atoms with Gasteiger partial charge in [-0.05, 0) is 67.6 Å². The van der Waals surface area contributed by atoms with Crippen LogP contribution in [0.2, 0.25) is 0 Å². The summed E-state index contributed by atoms with van der Waals surface area (Å²) in [6.07, 6.45) is -4.48. The van der Waals surface area contributed by atoms with Crippen LogP contribution >= 0.6 is 0 Å². The molecule has 0 aliphatic heterocycles. The Morgan fingerprint density at radius 1 is 0.556 bits per heavy atom. The van der Waals surface area contributed by atoms with Crippen molar-refractivity contribution < 1.29 is 43.3 Å². The van der Waals surface area contributed by atoms with Gasteiger partial charge in [0.25, 0.3) is 17.7 Å². The zero-order valence-electron chi connectivity index (χ0n) is 23.8. The second-order valence-electron chi connectivity index (χ2n) is 9.56. The van der Waals surface area contributed by atoms with Gasteiger partial charge in [0.2, 0.25) is 12.2 Å². The Morgan fingerprint density at radius 2 is 1.02 bits per heavy atom. The van der Waals surface area contributed by atoms with E-state index in [1.807, 2.05) is 12.3 Å². The molecule has 12 heteroatoms. The standard InChI is InChI=1S/C33H27N3O9/c1-20-12-14-21(15-13-20)28(37)34-25-18-16-22(17-19-25)29(38)35-36-30(39)26(44-32(42)23-8-4-2-5-9-23)27(31(40)41)45-33(43)24-10-6-3-7-11-24/h2-19,26-27H,1H3,(H,34,37)(H,35,38)(H,36,39)(H,40,41)/t26-,27-/m0/s1. The van der Waals surface area contributed by atoms with Crippen molar-refractivity contribution in [2.75, 3.05) is 5.32 Å². The van der Waals surface area contributed by atoms with Crippen molar-refractivity contribution in [1.82, 2.24) is 10.9 Å². The molecule has 0 unspecified atom stereocenters. The van der Waals surface area contributed by atoms with Crippen molar-refractivity contribution in [1.29, 1.82) is 0 Å². The highest BCUT2D eigenvalue weighted by molar-refractivity contribution is 6.05. The van der Waals surface area contributed by atoms with E-state index in [1.165, 1.54) is 72.8 Å². The fourth-order valence-electron chi connectivity index (χ4n) is 3.88. The smallest absolute Gasteiger partial charge is 0.349 e. The maximum absolute atomic E-state index is 13.1. The van der Waals surface area contributed by atoms with Crippen LogP contribution in [0.3, 0.4) is 0 Å². The highest BCUT2D eigenvalue weighted by Gasteiger charge is 2.41. The van der Waals surface area contributed by atoms with E-state index in [-0.39, 0.29) is 22.6 Å². The molecule has 0 spiro atoms. The maximum Gasteiger partial charge on any atom is 0.349 e. The normalized spacial score (nSPS) is 11.7. The topological polar surface area (TPSA) is 177 Å². The van der Waals surface area contributed by atoms with Crippen molar-refractivity contribution in [3.8, 4) is 0 Å². The summed E-state index contributed by atoms with van der Waals surface area (Å²) in [5.41, 5.74) is 6.02. The predicted molar refractivity (Wildman–Crippen MR) is 160 cm³/mol. The lowest BCUT2D eigenvalue weighted by molar-refractivity contribution is -0.159. The Labute approximate surface area is 256 Å². The summed E-state index contributed by atoms with van der Waals surface area (Å²) < 4.78 is 10.3. The van der Waals surface area contributed by atoms with E-state index < -0.39 is 41.9 Å². The molecule has 0 radical (unpaired) electrons. The second kappa shape index (κ2) is 14.7. The first-order valence-electron chi connectivity index (χ1n) is 13.5. The Balaban J connectivity index is 1.45. The molecule has 4 N–H and O–H groups in total. The first-order chi connectivity index (χ1) is 21.6. The van der Waals surface area contributed by atoms with Gasteiger partial charge in [-0.3, -0.25) is 25.2 Å². The third-order valence-electron chi connectivity index (χ3n) is 6.28. The number of carbonyl (C=O) groups is 6. The van der Waals surface area contributed by atoms with E-state index in [0.717, 1.165) is 5.56 Å². The molecular weight excluding hydrogens is 582 g/mol. The molecule has 2 atom stereocenters. The number of hydrazine groups is 1. The number of ether oxygens (including phenoxy) is 2. The molecule has 0 aliphatic rings. The number of esters is 2. The zero-order chi connectivity index (χ0) is 32.3. The number of hydrogen-bond donors (Lipinski definition) is 4. The molecular formula is C33H27N3O9. The van der Waals surface area contributed by atoms with Crippen LogP contribution < -0.4 is 16.2 Å². The van der Waals surface area contributed by atoms with E-state index in [9.17, 15) is 33.9 Å². The number of aryl methyl sites for hydroxylation is 1. The van der Waals surface area contributed by atoms with Crippen molar-refractivity contribution in [3.63, 3.8) is 0 Å². The number of carboxylic acid groups (broad SMARTS) is 1. The van der Waals surface area contributed by atoms with Gasteiger partial charge in [0, 0.05) is 16.8 Å². The SMILES string of the molecule is Cc1ccc(C(=O)Nc2ccc(C(=O)NNC(=O)[C@@H](OC(=O)c3ccccc3)[C@H](OC(=O)c3ccccc3)C(=O)O)cc2)cc1. The van der Waals surface area contributed by atoms with Gasteiger partial charge in [-0.25, -0.2) is 14.4 Å². The van der Waals surface area contributed by atoms with Crippen LogP contribution in [0.25, 0.3) is 0 Å². The van der Waals surface area contributed by atoms with Gasteiger partial charge in [0.15, 0.2) is 0 Å². The van der Waals surface area contributed by atoms with Gasteiger partial charge in [-0.1, -0.05) is 54.1 Å². The van der Waals surface area contributed by atoms with Gasteiger partial charge in [0.05, 0.1) is 11.1 Å². The highest BCUT2D eigenvalue weighted by Crippen LogP contribution is 2.15. The van der Waals surface area contributed by atoms with Crippen LogP contribution in [0.5, 0.6) is 0 Å². The fourth-order valence-corrected chi connectivity index (χ4v) is 3.88. The summed E-state index contributed by atoms with van der Waals surface area (Å²) in [7, 11) is 0. The monoisotopic (exact) mass is 609 g/mol. The number of aliphatic carboxylic acids is 1. The van der Waals surface area contributed by atoms with E-state index in [1.54, 1.807) is 36.4 Å². The van der Waals surface area contributed by atoms with Gasteiger partial charge < -0.3 is 19.9 Å². The van der Waals surface area contributed by atoms with Gasteiger partial charge in [-0.15, -0.1) is 0 Å². The number of carboxylic acids is 1. The molecule has 0 fully saturated rings. The summed E-state index contributed by atoms with van der Waals surface area (Å²) in [5.74, 6) is -6.40. The summed E-state index contributed by atoms with van der Waals surface area (Å²) >= 11 is 0. The van der Waals surface area contributed by atoms with Crippen LogP contribution in [0.1, 0.15) is 47.0 Å². The average Bonchev–Trinajstić information content (AvgIpc) is 3.06. The lowest BCUT2D eigenvalue weighted by atomic mass is 10.1. The summed E-state index contributed by atoms with van der Waals surface area (Å²) in [6, 6.07) is 27.5. The Hall–Kier alpha value is -6.30. The van der Waals surface area contributed by atoms with Crippen LogP contribution in [0, 0.1) is 6.92 Å². The molecule has 3 amide bonds. The average molecular weight is 610 g/mol. The molecule has 0 aliphatic carbocycles. The molecule has 45 heavy (non-hydrogen) atoms. The van der Waals surface area contributed by atoms with E-state index in [2.05, 4.69) is 10.7 Å². The molecule has 4 aromatic carbocycles. The molecule has 228 valence electrons. The number of carbonyl (C=O) groups excluding carboxylic acids is 5. The molecule has 0 heterocycles. The van der Waals surface area contributed by atoms with Crippen LogP contribution in [0.15, 0.2) is 109 Å². The molecule has 0 saturated heterocycles. The quantitative estimate of drug-likeness (QED) is 0.155. The van der Waals surface area contributed by atoms with E-state index in [4.69, 9.17) is 9.47 Å². The third kappa shape index (κ3) is 8.61. The summed E-state index contributed by atoms with van der Waals surface area (Å²) in [5, 5.41) is 12.5. The lowest BCUT2D eigenvalue weighted by Gasteiger charge is -2.23. The minimum Gasteiger partial charge on any atom is -0.478 e. The van der Waals surface area contributed by atoms with Gasteiger partial charge >= 0.3 is 17.9 Å². The minimum atomic E-state index is -2.28. The number of nitrogens with one attached hydrogen (secondary N) is 3. The van der Waals surface area contributed by atoms with Crippen LogP contribution in [0.4, 0.5) is 5.69 Å². The number of benzene rings is 4. The summed E-state index contributed by atoms with van der Waals surface area (Å²) in [4.78, 5) is 75.9. The van der Waals surface area contributed by atoms with E-state index in [0.29, 0.717) is 11.3 Å². The van der Waals surface area contributed by atoms with Crippen LogP contribution in [-0.4, -0.2) is 52.9 Å². The predicted octanol–water partition coefficient (Wildman–Crippen LogP) is 3.54. The van der Waals surface area contributed by atoms with Crippen molar-refractivity contribution >= 4 is 41.3 Å². The second-order valence-corrected chi connectivity index (χ2v) is 9.56. The Morgan fingerprint density at radius 3 is 1.53 bits per heavy atom. The van der Waals surface area contributed by atoms with Crippen molar-refractivity contribution in [2.24, 2.45) is 0 Å².